The van der Waals surface area contributed by atoms with E-state index in [0.29, 0.717) is 34.6 Å². The largest absolute Gasteiger partial charge is 0.367 e. The third-order valence-electron chi connectivity index (χ3n) is 8.25. The number of rotatable bonds is 6. The number of nitrogens with one attached hydrogen (secondary N) is 3. The molecule has 2 fully saturated rings. The van der Waals surface area contributed by atoms with Gasteiger partial charge in [-0.05, 0) is 146 Å². The van der Waals surface area contributed by atoms with Crippen LogP contribution in [-0.4, -0.2) is 45.1 Å². The smallest absolute Gasteiger partial charge is 0.339 e. The summed E-state index contributed by atoms with van der Waals surface area (Å²) in [5.41, 5.74) is 12.5. The molecule has 0 amide bonds. The Balaban J connectivity index is 0.000000276. The van der Waals surface area contributed by atoms with E-state index in [1.807, 2.05) is 36.4 Å². The minimum Gasteiger partial charge on any atom is -0.367 e. The lowest BCUT2D eigenvalue weighted by atomic mass is 9.86. The van der Waals surface area contributed by atoms with Gasteiger partial charge in [0.2, 0.25) is 0 Å². The van der Waals surface area contributed by atoms with Gasteiger partial charge in [0.15, 0.2) is 5.15 Å². The number of aromatic nitrogens is 4. The number of halogens is 4. The van der Waals surface area contributed by atoms with Crippen LogP contribution in [0.2, 0.25) is 5.15 Å². The molecule has 0 aliphatic heterocycles. The van der Waals surface area contributed by atoms with Gasteiger partial charge in [0, 0.05) is 35.2 Å². The fourth-order valence-electron chi connectivity index (χ4n) is 5.74. The molecule has 15 heteroatoms. The summed E-state index contributed by atoms with van der Waals surface area (Å²) in [6.45, 7) is 1.60. The van der Waals surface area contributed by atoms with E-state index in [-0.39, 0.29) is 20.4 Å². The summed E-state index contributed by atoms with van der Waals surface area (Å²) in [6, 6.07) is 12.6. The van der Waals surface area contributed by atoms with Gasteiger partial charge in [-0.1, -0.05) is 26.5 Å². The molecule has 4 heterocycles. The predicted octanol–water partition coefficient (Wildman–Crippen LogP) is 9.15. The van der Waals surface area contributed by atoms with Crippen LogP contribution in [0, 0.1) is 11.8 Å². The fraction of sp³-hybridized carbons (Fsp3) is 0.500. The highest BCUT2D eigenvalue weighted by Gasteiger charge is 2.21. The summed E-state index contributed by atoms with van der Waals surface area (Å²) in [5, 5.41) is 6.06. The Kier molecular flexibility index (Phi) is 17.2. The maximum atomic E-state index is 11.7. The third kappa shape index (κ3) is 13.3. The van der Waals surface area contributed by atoms with Crippen molar-refractivity contribution in [2.45, 2.75) is 78.3 Å². The van der Waals surface area contributed by atoms with Crippen LogP contribution in [0.5, 0.6) is 0 Å². The zero-order chi connectivity index (χ0) is 32.4. The Morgan fingerprint density at radius 1 is 0.745 bits per heavy atom. The summed E-state index contributed by atoms with van der Waals surface area (Å²) >= 11 is 19.9. The van der Waals surface area contributed by atoms with Crippen molar-refractivity contribution in [2.75, 3.05) is 23.7 Å². The predicted molar refractivity (Wildman–Crippen MR) is 202 cm³/mol. The molecule has 0 saturated heterocycles. The molecule has 0 atom stereocenters. The first-order valence-electron chi connectivity index (χ1n) is 15.0. The second kappa shape index (κ2) is 19.7. The first-order chi connectivity index (χ1) is 21.5. The van der Waals surface area contributed by atoms with Crippen molar-refractivity contribution in [3.63, 3.8) is 0 Å². The lowest BCUT2D eigenvalue weighted by Crippen LogP contribution is -2.29. The van der Waals surface area contributed by atoms with E-state index in [9.17, 15) is 9.36 Å². The second-order valence-electron chi connectivity index (χ2n) is 11.4. The monoisotopic (exact) mass is 746 g/mol. The van der Waals surface area contributed by atoms with E-state index in [1.54, 1.807) is 12.4 Å². The van der Waals surface area contributed by atoms with Crippen LogP contribution >= 0.6 is 50.5 Å². The van der Waals surface area contributed by atoms with E-state index in [2.05, 4.69) is 64.3 Å². The fourth-order valence-corrected chi connectivity index (χ4v) is 5.95. The Morgan fingerprint density at radius 2 is 1.19 bits per heavy atom. The molecule has 0 bridgehead atoms. The maximum Gasteiger partial charge on any atom is 0.339 e. The van der Waals surface area contributed by atoms with Gasteiger partial charge >= 0.3 is 5.20 Å². The molecule has 0 spiro atoms. The van der Waals surface area contributed by atoms with E-state index >= 15 is 0 Å². The molecular weight excluding hydrogens is 701 g/mol. The summed E-state index contributed by atoms with van der Waals surface area (Å²) in [6.07, 6.45) is 12.6. The van der Waals surface area contributed by atoms with Crippen molar-refractivity contribution in [1.82, 2.24) is 19.9 Å². The van der Waals surface area contributed by atoms with Gasteiger partial charge in [-0.15, -0.1) is 0 Å². The van der Waals surface area contributed by atoms with E-state index in [1.165, 1.54) is 25.7 Å². The van der Waals surface area contributed by atoms with Crippen molar-refractivity contribution in [1.29, 1.82) is 0 Å². The zero-order valence-corrected chi connectivity index (χ0v) is 28.7. The molecule has 260 valence electrons. The molecule has 10 nitrogen and oxygen atoms in total. The molecule has 7 N–H and O–H groups in total. The zero-order valence-electron chi connectivity index (χ0n) is 24.8. The van der Waals surface area contributed by atoms with Crippen LogP contribution in [0.1, 0.15) is 66.2 Å². The quantitative estimate of drug-likeness (QED) is 0.0955. The van der Waals surface area contributed by atoms with Crippen LogP contribution < -0.4 is 27.7 Å². The van der Waals surface area contributed by atoms with E-state index in [0.717, 1.165) is 66.7 Å². The molecule has 47 heavy (non-hydrogen) atoms. The SMILES string of the molecule is C.C.NCC1CCC(Nc2ccc3cc[nH]c(=O)c3n2)CC1.NCC1CCC(Nc2ccc3ccnc(Cl)c3n2)CC1.O=P(Cl)(Cl)Cl. The van der Waals surface area contributed by atoms with Crippen molar-refractivity contribution < 1.29 is 4.57 Å². The number of anilines is 2. The van der Waals surface area contributed by atoms with Crippen molar-refractivity contribution in [2.24, 2.45) is 23.3 Å². The maximum absolute atomic E-state index is 11.7. The van der Waals surface area contributed by atoms with Crippen LogP contribution in [0.3, 0.4) is 0 Å². The second-order valence-corrected chi connectivity index (χ2v) is 18.4. The Bertz CT molecular complexity index is 1630. The number of H-pyrrole nitrogens is 1. The summed E-state index contributed by atoms with van der Waals surface area (Å²) in [5.74, 6) is 3.02. The molecular formula is C32H47Cl4N8O2P. The first-order valence-corrected chi connectivity index (χ1v) is 19.8. The van der Waals surface area contributed by atoms with Crippen LogP contribution in [0.4, 0.5) is 11.6 Å². The van der Waals surface area contributed by atoms with Crippen molar-refractivity contribution in [3.8, 4) is 0 Å². The van der Waals surface area contributed by atoms with Gasteiger partial charge in [0.05, 0.1) is 0 Å². The summed E-state index contributed by atoms with van der Waals surface area (Å²) < 4.78 is 9.51. The Labute approximate surface area is 296 Å². The average molecular weight is 749 g/mol. The van der Waals surface area contributed by atoms with Crippen molar-refractivity contribution in [3.05, 3.63) is 64.3 Å². The van der Waals surface area contributed by atoms with Gasteiger partial charge in [-0.2, -0.15) is 0 Å². The third-order valence-corrected chi connectivity index (χ3v) is 8.52. The van der Waals surface area contributed by atoms with Gasteiger partial charge in [-0.3, -0.25) is 9.36 Å². The van der Waals surface area contributed by atoms with Gasteiger partial charge in [0.25, 0.3) is 5.56 Å². The highest BCUT2D eigenvalue weighted by molar-refractivity contribution is 8.24. The Morgan fingerprint density at radius 3 is 1.66 bits per heavy atom. The number of nitrogens with two attached hydrogens (primary N) is 2. The van der Waals surface area contributed by atoms with Crippen molar-refractivity contribution >= 4 is 84.0 Å². The minimum atomic E-state index is -3.22. The van der Waals surface area contributed by atoms with Gasteiger partial charge in [0.1, 0.15) is 22.7 Å². The highest BCUT2D eigenvalue weighted by Crippen LogP contribution is 2.61. The molecule has 4 aromatic heterocycles. The lowest BCUT2D eigenvalue weighted by molar-refractivity contribution is 0.344. The first kappa shape index (κ1) is 41.0. The number of pyridine rings is 4. The average Bonchev–Trinajstić information content (AvgIpc) is 3.02. The molecule has 6 rings (SSSR count). The van der Waals surface area contributed by atoms with Gasteiger partial charge < -0.3 is 27.1 Å². The van der Waals surface area contributed by atoms with E-state index in [4.69, 9.17) is 23.1 Å². The van der Waals surface area contributed by atoms with Crippen LogP contribution in [-0.2, 0) is 4.57 Å². The number of fused-ring (bicyclic) bond motifs is 2. The highest BCUT2D eigenvalue weighted by atomic mass is 36.0. The number of nitrogens with zero attached hydrogens (tertiary/aromatic N) is 3. The molecule has 4 aromatic rings. The molecule has 2 aliphatic carbocycles. The normalized spacial score (nSPS) is 20.7. The van der Waals surface area contributed by atoms with E-state index < -0.39 is 5.20 Å². The molecule has 2 aliphatic rings. The standard InChI is InChI=1S/C15H19ClN4.C15H20N4O.2CH4.Cl3OP/c16-15-14-11(7-8-18-15)3-6-13(20-14)19-12-4-1-10(9-17)2-5-12;16-9-10-1-4-12(5-2-10)18-13-6-3-11-7-8-17-15(20)14(11)19-13;;;1-5(2,3)4/h3,6-8,10,12H,1-2,4-5,9,17H2,(H,19,20);3,6-8,10,12H,1-2,4-5,9,16H2,(H,17,20)(H,18,19);2*1H4;. The summed E-state index contributed by atoms with van der Waals surface area (Å²) in [4.78, 5) is 27.5. The van der Waals surface area contributed by atoms with Crippen LogP contribution in [0.25, 0.3) is 21.8 Å². The topological polar surface area (TPSA) is 165 Å². The minimum absolute atomic E-state index is 0. The van der Waals surface area contributed by atoms with Crippen LogP contribution in [0.15, 0.2) is 53.6 Å². The molecule has 2 saturated carbocycles. The summed E-state index contributed by atoms with van der Waals surface area (Å²) in [7, 11) is 0. The number of hydrogen-bond donors (Lipinski definition) is 5. The molecule has 0 radical (unpaired) electrons. The Hall–Kier alpha value is -2.17. The number of aromatic amines is 1. The lowest BCUT2D eigenvalue weighted by Gasteiger charge is -2.28. The molecule has 0 unspecified atom stereocenters. The number of hydrogen-bond acceptors (Lipinski definition) is 9. The molecule has 0 aromatic carbocycles. The van der Waals surface area contributed by atoms with Gasteiger partial charge in [-0.25, -0.2) is 15.0 Å².